The van der Waals surface area contributed by atoms with E-state index >= 15 is 0 Å². The van der Waals surface area contributed by atoms with Crippen molar-refractivity contribution in [3.8, 4) is 6.07 Å². The summed E-state index contributed by atoms with van der Waals surface area (Å²) in [6.07, 6.45) is 2.28. The molecule has 0 saturated heterocycles. The summed E-state index contributed by atoms with van der Waals surface area (Å²) in [5.41, 5.74) is 1.93. The van der Waals surface area contributed by atoms with Crippen LogP contribution >= 0.6 is 0 Å². The van der Waals surface area contributed by atoms with Crippen LogP contribution in [0.4, 0.5) is 5.82 Å². The second-order valence-electron chi connectivity index (χ2n) is 4.29. The van der Waals surface area contributed by atoms with Crippen LogP contribution in [0.25, 0.3) is 0 Å². The van der Waals surface area contributed by atoms with Gasteiger partial charge in [-0.3, -0.25) is 9.82 Å². The minimum atomic E-state index is -3.51. The highest BCUT2D eigenvalue weighted by atomic mass is 32.2. The summed E-state index contributed by atoms with van der Waals surface area (Å²) < 4.78 is 26.6. The summed E-state index contributed by atoms with van der Waals surface area (Å²) in [5, 5.41) is 15.2. The number of hydrogen-bond donors (Lipinski definition) is 2. The molecule has 2 aromatic rings. The van der Waals surface area contributed by atoms with Crippen LogP contribution in [-0.4, -0.2) is 18.6 Å². The molecular weight excluding hydrogens is 276 g/mol. The van der Waals surface area contributed by atoms with E-state index in [1.807, 2.05) is 13.0 Å². The number of sulfonamides is 1. The number of H-pyrrole nitrogens is 1. The van der Waals surface area contributed by atoms with Crippen molar-refractivity contribution in [1.82, 2.24) is 10.2 Å². The number of aromatic amines is 1. The number of rotatable bonds is 5. The van der Waals surface area contributed by atoms with Gasteiger partial charge in [-0.1, -0.05) is 19.1 Å². The minimum absolute atomic E-state index is 0.152. The molecule has 0 aliphatic carbocycles. The van der Waals surface area contributed by atoms with E-state index in [1.165, 1.54) is 0 Å². The van der Waals surface area contributed by atoms with Crippen LogP contribution in [0.15, 0.2) is 30.5 Å². The van der Waals surface area contributed by atoms with E-state index in [9.17, 15) is 8.42 Å². The van der Waals surface area contributed by atoms with E-state index in [1.54, 1.807) is 30.5 Å². The predicted molar refractivity (Wildman–Crippen MR) is 75.4 cm³/mol. The Hall–Kier alpha value is -2.33. The minimum Gasteiger partial charge on any atom is -0.267 e. The fourth-order valence-corrected chi connectivity index (χ4v) is 2.95. The second-order valence-corrected chi connectivity index (χ2v) is 6.02. The number of benzene rings is 1. The van der Waals surface area contributed by atoms with Crippen molar-refractivity contribution in [3.05, 3.63) is 47.2 Å². The lowest BCUT2D eigenvalue weighted by atomic mass is 10.2. The maximum Gasteiger partial charge on any atom is 0.238 e. The van der Waals surface area contributed by atoms with Crippen molar-refractivity contribution in [2.75, 3.05) is 4.72 Å². The van der Waals surface area contributed by atoms with Crippen molar-refractivity contribution in [2.45, 2.75) is 19.1 Å². The maximum atomic E-state index is 12.1. The predicted octanol–water partition coefficient (Wildman–Crippen LogP) is 1.79. The van der Waals surface area contributed by atoms with Gasteiger partial charge in [0.2, 0.25) is 10.0 Å². The Labute approximate surface area is 117 Å². The highest BCUT2D eigenvalue weighted by molar-refractivity contribution is 7.91. The molecule has 6 nitrogen and oxygen atoms in total. The standard InChI is InChI=1S/C13H14N4O2S/c1-2-12-8-15-16-13(12)17-20(18,19)9-11-5-3-10(7-14)4-6-11/h3-6,8H,2,9H2,1H3,(H2,15,16,17). The molecule has 104 valence electrons. The SMILES string of the molecule is CCc1cn[nH]c1NS(=O)(=O)Cc1ccc(C#N)cc1. The average Bonchev–Trinajstić information content (AvgIpc) is 2.85. The Kier molecular flexibility index (Phi) is 4.05. The van der Waals surface area contributed by atoms with Gasteiger partial charge in [-0.25, -0.2) is 8.42 Å². The van der Waals surface area contributed by atoms with Gasteiger partial charge in [0, 0.05) is 5.56 Å². The summed E-state index contributed by atoms with van der Waals surface area (Å²) in [6, 6.07) is 8.44. The first kappa shape index (κ1) is 14.1. The third kappa shape index (κ3) is 3.36. The normalized spacial score (nSPS) is 11.0. The van der Waals surface area contributed by atoms with Gasteiger partial charge in [-0.2, -0.15) is 10.4 Å². The van der Waals surface area contributed by atoms with E-state index in [-0.39, 0.29) is 5.75 Å². The van der Waals surface area contributed by atoms with E-state index in [2.05, 4.69) is 14.9 Å². The zero-order chi connectivity index (χ0) is 14.6. The van der Waals surface area contributed by atoms with Crippen LogP contribution < -0.4 is 4.72 Å². The third-order valence-corrected chi connectivity index (χ3v) is 4.02. The molecule has 20 heavy (non-hydrogen) atoms. The third-order valence-electron chi connectivity index (χ3n) is 2.80. The fourth-order valence-electron chi connectivity index (χ4n) is 1.75. The molecule has 0 aliphatic rings. The van der Waals surface area contributed by atoms with Gasteiger partial charge in [0.25, 0.3) is 0 Å². The van der Waals surface area contributed by atoms with Gasteiger partial charge >= 0.3 is 0 Å². The van der Waals surface area contributed by atoms with Crippen LogP contribution in [-0.2, 0) is 22.2 Å². The van der Waals surface area contributed by atoms with Crippen molar-refractivity contribution in [1.29, 1.82) is 5.26 Å². The summed E-state index contributed by atoms with van der Waals surface area (Å²) in [5.74, 6) is 0.252. The molecule has 0 aliphatic heterocycles. The van der Waals surface area contributed by atoms with Crippen molar-refractivity contribution < 1.29 is 8.42 Å². The lowest BCUT2D eigenvalue weighted by molar-refractivity contribution is 0.600. The molecule has 1 heterocycles. The Bertz CT molecular complexity index is 726. The topological polar surface area (TPSA) is 98.6 Å². The molecule has 0 atom stereocenters. The summed E-state index contributed by atoms with van der Waals surface area (Å²) >= 11 is 0. The Morgan fingerprint density at radius 1 is 1.35 bits per heavy atom. The van der Waals surface area contributed by atoms with Crippen LogP contribution in [0.1, 0.15) is 23.6 Å². The zero-order valence-electron chi connectivity index (χ0n) is 10.9. The number of hydrogen-bond acceptors (Lipinski definition) is 4. The molecule has 1 aromatic heterocycles. The molecule has 0 spiro atoms. The van der Waals surface area contributed by atoms with E-state index in [0.29, 0.717) is 23.4 Å². The Balaban J connectivity index is 2.13. The highest BCUT2D eigenvalue weighted by Gasteiger charge is 2.14. The number of nitriles is 1. The number of aromatic nitrogens is 2. The smallest absolute Gasteiger partial charge is 0.238 e. The molecule has 1 aromatic carbocycles. The Morgan fingerprint density at radius 2 is 2.05 bits per heavy atom. The summed E-state index contributed by atoms with van der Waals surface area (Å²) in [7, 11) is -3.51. The Morgan fingerprint density at radius 3 is 2.65 bits per heavy atom. The molecule has 2 N–H and O–H groups in total. The quantitative estimate of drug-likeness (QED) is 0.876. The van der Waals surface area contributed by atoms with Gasteiger partial charge in [0.05, 0.1) is 23.6 Å². The van der Waals surface area contributed by atoms with Gasteiger partial charge in [-0.15, -0.1) is 0 Å². The van der Waals surface area contributed by atoms with E-state index in [0.717, 1.165) is 5.56 Å². The van der Waals surface area contributed by atoms with Crippen LogP contribution in [0.2, 0.25) is 0 Å². The lowest BCUT2D eigenvalue weighted by Crippen LogP contribution is -2.16. The van der Waals surface area contributed by atoms with E-state index < -0.39 is 10.0 Å². The average molecular weight is 290 g/mol. The zero-order valence-corrected chi connectivity index (χ0v) is 11.7. The maximum absolute atomic E-state index is 12.1. The van der Waals surface area contributed by atoms with Gasteiger partial charge in [0.1, 0.15) is 5.82 Å². The molecule has 7 heteroatoms. The number of nitrogens with one attached hydrogen (secondary N) is 2. The molecule has 2 rings (SSSR count). The fraction of sp³-hybridized carbons (Fsp3) is 0.231. The van der Waals surface area contributed by atoms with Crippen molar-refractivity contribution >= 4 is 15.8 Å². The van der Waals surface area contributed by atoms with Gasteiger partial charge in [-0.05, 0) is 24.1 Å². The van der Waals surface area contributed by atoms with Crippen LogP contribution in [0.5, 0.6) is 0 Å². The van der Waals surface area contributed by atoms with Gasteiger partial charge < -0.3 is 0 Å². The highest BCUT2D eigenvalue weighted by Crippen LogP contribution is 2.15. The number of anilines is 1. The first-order valence-corrected chi connectivity index (χ1v) is 7.71. The molecule has 0 unspecified atom stereocenters. The summed E-state index contributed by atoms with van der Waals surface area (Å²) in [4.78, 5) is 0. The second kappa shape index (κ2) is 5.75. The molecule has 0 bridgehead atoms. The first-order valence-electron chi connectivity index (χ1n) is 6.06. The number of aryl methyl sites for hydroxylation is 1. The molecule has 0 fully saturated rings. The largest absolute Gasteiger partial charge is 0.267 e. The van der Waals surface area contributed by atoms with Crippen molar-refractivity contribution in [3.63, 3.8) is 0 Å². The van der Waals surface area contributed by atoms with Crippen LogP contribution in [0, 0.1) is 11.3 Å². The number of nitrogens with zero attached hydrogens (tertiary/aromatic N) is 2. The molecular formula is C13H14N4O2S. The molecule has 0 radical (unpaired) electrons. The van der Waals surface area contributed by atoms with Gasteiger partial charge in [0.15, 0.2) is 0 Å². The molecule has 0 saturated carbocycles. The summed E-state index contributed by atoms with van der Waals surface area (Å²) in [6.45, 7) is 1.92. The molecule has 0 amide bonds. The first-order chi connectivity index (χ1) is 9.54. The monoisotopic (exact) mass is 290 g/mol. The lowest BCUT2D eigenvalue weighted by Gasteiger charge is -2.07. The van der Waals surface area contributed by atoms with Crippen LogP contribution in [0.3, 0.4) is 0 Å². The van der Waals surface area contributed by atoms with E-state index in [4.69, 9.17) is 5.26 Å². The van der Waals surface area contributed by atoms with Crippen molar-refractivity contribution in [2.24, 2.45) is 0 Å².